The van der Waals surface area contributed by atoms with Gasteiger partial charge in [-0.1, -0.05) is 24.3 Å². The van der Waals surface area contributed by atoms with E-state index in [9.17, 15) is 20.2 Å². The third kappa shape index (κ3) is 5.18. The average Bonchev–Trinajstić information content (AvgIpc) is 2.66. The van der Waals surface area contributed by atoms with E-state index in [-0.39, 0.29) is 11.3 Å². The molecular formula is C19H17N3O4. The van der Waals surface area contributed by atoms with Crippen LogP contribution >= 0.6 is 0 Å². The fraction of sp³-hybridized carbons (Fsp3) is 0.158. The van der Waals surface area contributed by atoms with Gasteiger partial charge in [-0.2, -0.15) is 5.26 Å². The summed E-state index contributed by atoms with van der Waals surface area (Å²) in [6.45, 7) is 0.360. The number of hydrogen-bond donors (Lipinski definition) is 1. The number of carbonyl (C=O) groups excluding carboxylic acids is 1. The van der Waals surface area contributed by atoms with Crippen LogP contribution in [-0.4, -0.2) is 24.5 Å². The van der Waals surface area contributed by atoms with Crippen molar-refractivity contribution in [2.75, 3.05) is 13.7 Å². The van der Waals surface area contributed by atoms with Crippen molar-refractivity contribution < 1.29 is 14.5 Å². The highest BCUT2D eigenvalue weighted by molar-refractivity contribution is 6.01. The molecule has 2 rings (SSSR count). The number of nitro groups is 1. The maximum atomic E-state index is 12.1. The largest absolute Gasteiger partial charge is 0.497 e. The first-order chi connectivity index (χ1) is 12.5. The summed E-state index contributed by atoms with van der Waals surface area (Å²) in [4.78, 5) is 22.4. The molecule has 0 heterocycles. The second-order valence-electron chi connectivity index (χ2n) is 5.38. The molecule has 0 bridgehead atoms. The molecule has 132 valence electrons. The Labute approximate surface area is 150 Å². The Morgan fingerprint density at radius 1 is 1.31 bits per heavy atom. The van der Waals surface area contributed by atoms with Crippen molar-refractivity contribution in [2.45, 2.75) is 6.42 Å². The van der Waals surface area contributed by atoms with Crippen LogP contribution in [0.2, 0.25) is 0 Å². The Kier molecular flexibility index (Phi) is 6.46. The summed E-state index contributed by atoms with van der Waals surface area (Å²) >= 11 is 0. The van der Waals surface area contributed by atoms with Crippen molar-refractivity contribution in [2.24, 2.45) is 0 Å². The smallest absolute Gasteiger partial charge is 0.270 e. The topological polar surface area (TPSA) is 105 Å². The summed E-state index contributed by atoms with van der Waals surface area (Å²) in [6.07, 6.45) is 1.93. The van der Waals surface area contributed by atoms with Crippen LogP contribution in [0.25, 0.3) is 6.08 Å². The zero-order valence-electron chi connectivity index (χ0n) is 14.1. The van der Waals surface area contributed by atoms with Crippen LogP contribution in [0.1, 0.15) is 11.1 Å². The number of nitriles is 1. The lowest BCUT2D eigenvalue weighted by Crippen LogP contribution is -2.26. The molecule has 7 heteroatoms. The number of rotatable bonds is 7. The molecule has 0 aliphatic heterocycles. The van der Waals surface area contributed by atoms with Gasteiger partial charge >= 0.3 is 0 Å². The summed E-state index contributed by atoms with van der Waals surface area (Å²) in [5, 5.41) is 22.6. The minimum Gasteiger partial charge on any atom is -0.497 e. The number of nitro benzene ring substituents is 1. The van der Waals surface area contributed by atoms with Crippen LogP contribution in [-0.2, 0) is 11.2 Å². The summed E-state index contributed by atoms with van der Waals surface area (Å²) in [5.74, 6) is 0.233. The van der Waals surface area contributed by atoms with Gasteiger partial charge in [-0.25, -0.2) is 0 Å². The molecule has 0 aliphatic rings. The van der Waals surface area contributed by atoms with Crippen LogP contribution in [0, 0.1) is 21.4 Å². The number of benzene rings is 2. The number of non-ortho nitro benzene ring substituents is 1. The Balaban J connectivity index is 1.98. The molecule has 1 N–H and O–H groups in total. The van der Waals surface area contributed by atoms with Crippen molar-refractivity contribution in [1.29, 1.82) is 5.26 Å². The van der Waals surface area contributed by atoms with Gasteiger partial charge in [-0.05, 0) is 35.8 Å². The predicted molar refractivity (Wildman–Crippen MR) is 96.4 cm³/mol. The van der Waals surface area contributed by atoms with E-state index in [1.165, 1.54) is 24.3 Å². The fourth-order valence-corrected chi connectivity index (χ4v) is 2.25. The molecule has 0 saturated carbocycles. The van der Waals surface area contributed by atoms with Gasteiger partial charge in [0.05, 0.1) is 12.0 Å². The molecule has 0 saturated heterocycles. The third-order valence-corrected chi connectivity index (χ3v) is 3.62. The van der Waals surface area contributed by atoms with Crippen LogP contribution in [0.4, 0.5) is 5.69 Å². The van der Waals surface area contributed by atoms with Gasteiger partial charge in [0.2, 0.25) is 0 Å². The van der Waals surface area contributed by atoms with Crippen LogP contribution in [0.5, 0.6) is 5.75 Å². The molecule has 2 aromatic carbocycles. The number of carbonyl (C=O) groups is 1. The Morgan fingerprint density at radius 3 is 2.65 bits per heavy atom. The monoisotopic (exact) mass is 351 g/mol. The second-order valence-corrected chi connectivity index (χ2v) is 5.38. The molecule has 7 nitrogen and oxygen atoms in total. The zero-order valence-corrected chi connectivity index (χ0v) is 14.1. The maximum absolute atomic E-state index is 12.1. The first-order valence-electron chi connectivity index (χ1n) is 7.81. The lowest BCUT2D eigenvalue weighted by molar-refractivity contribution is -0.384. The van der Waals surface area contributed by atoms with Crippen molar-refractivity contribution in [3.63, 3.8) is 0 Å². The quantitative estimate of drug-likeness (QED) is 0.357. The third-order valence-electron chi connectivity index (χ3n) is 3.62. The highest BCUT2D eigenvalue weighted by Gasteiger charge is 2.10. The van der Waals surface area contributed by atoms with Gasteiger partial charge < -0.3 is 10.1 Å². The number of amides is 1. The molecule has 0 aliphatic carbocycles. The van der Waals surface area contributed by atoms with Gasteiger partial charge in [-0.15, -0.1) is 0 Å². The molecular weight excluding hydrogens is 334 g/mol. The van der Waals surface area contributed by atoms with Gasteiger partial charge in [0, 0.05) is 18.7 Å². The first-order valence-corrected chi connectivity index (χ1v) is 7.81. The van der Waals surface area contributed by atoms with Gasteiger partial charge in [0.25, 0.3) is 11.6 Å². The molecule has 0 unspecified atom stereocenters. The van der Waals surface area contributed by atoms with E-state index in [1.807, 2.05) is 30.3 Å². The Bertz CT molecular complexity index is 867. The molecule has 0 fully saturated rings. The van der Waals surface area contributed by atoms with E-state index >= 15 is 0 Å². The summed E-state index contributed by atoms with van der Waals surface area (Å²) in [7, 11) is 1.59. The number of nitrogens with one attached hydrogen (secondary N) is 1. The fourth-order valence-electron chi connectivity index (χ4n) is 2.25. The summed E-state index contributed by atoms with van der Waals surface area (Å²) in [6, 6.07) is 15.0. The van der Waals surface area contributed by atoms with Crippen molar-refractivity contribution in [1.82, 2.24) is 5.32 Å². The van der Waals surface area contributed by atoms with Gasteiger partial charge in [-0.3, -0.25) is 14.9 Å². The summed E-state index contributed by atoms with van der Waals surface area (Å²) in [5.41, 5.74) is 1.23. The lowest BCUT2D eigenvalue weighted by atomic mass is 10.1. The van der Waals surface area contributed by atoms with Gasteiger partial charge in [0.1, 0.15) is 17.4 Å². The zero-order chi connectivity index (χ0) is 18.9. The van der Waals surface area contributed by atoms with Crippen LogP contribution in [0.15, 0.2) is 54.1 Å². The number of methoxy groups -OCH3 is 1. The minimum absolute atomic E-state index is 0.101. The Hall–Kier alpha value is -3.66. The standard InChI is InChI=1S/C19H17N3O4/c1-26-18-7-5-14(6-8-18)9-10-21-19(23)16(13-20)11-15-3-2-4-17(12-15)22(24)25/h2-8,11-12H,9-10H2,1H3,(H,21,23)/b16-11+. The van der Waals surface area contributed by atoms with E-state index in [1.54, 1.807) is 13.2 Å². The molecule has 0 spiro atoms. The van der Waals surface area contributed by atoms with E-state index in [0.29, 0.717) is 18.5 Å². The minimum atomic E-state index is -0.529. The van der Waals surface area contributed by atoms with E-state index in [4.69, 9.17) is 4.74 Å². The lowest BCUT2D eigenvalue weighted by Gasteiger charge is -2.06. The summed E-state index contributed by atoms with van der Waals surface area (Å²) < 4.78 is 5.08. The van der Waals surface area contributed by atoms with Gasteiger partial charge in [0.15, 0.2) is 0 Å². The Morgan fingerprint density at radius 2 is 2.04 bits per heavy atom. The average molecular weight is 351 g/mol. The van der Waals surface area contributed by atoms with Crippen molar-refractivity contribution >= 4 is 17.7 Å². The molecule has 0 atom stereocenters. The second kappa shape index (κ2) is 8.99. The maximum Gasteiger partial charge on any atom is 0.270 e. The SMILES string of the molecule is COc1ccc(CCNC(=O)/C(C#N)=C/c2cccc([N+](=O)[O-])c2)cc1. The first kappa shape index (κ1) is 18.7. The molecule has 26 heavy (non-hydrogen) atoms. The highest BCUT2D eigenvalue weighted by Crippen LogP contribution is 2.16. The molecule has 0 aromatic heterocycles. The van der Waals surface area contributed by atoms with Crippen LogP contribution in [0.3, 0.4) is 0 Å². The van der Waals surface area contributed by atoms with E-state index < -0.39 is 10.8 Å². The number of ether oxygens (including phenoxy) is 1. The number of nitrogens with zero attached hydrogens (tertiary/aromatic N) is 2. The molecule has 0 radical (unpaired) electrons. The van der Waals surface area contributed by atoms with Crippen molar-refractivity contribution in [3.05, 3.63) is 75.3 Å². The van der Waals surface area contributed by atoms with E-state index in [2.05, 4.69) is 5.32 Å². The highest BCUT2D eigenvalue weighted by atomic mass is 16.6. The van der Waals surface area contributed by atoms with E-state index in [0.717, 1.165) is 11.3 Å². The van der Waals surface area contributed by atoms with Crippen LogP contribution < -0.4 is 10.1 Å². The van der Waals surface area contributed by atoms with Crippen molar-refractivity contribution in [3.8, 4) is 11.8 Å². The predicted octanol–water partition coefficient (Wildman–Crippen LogP) is 2.87. The normalized spacial score (nSPS) is 10.7. The molecule has 2 aromatic rings. The molecule has 1 amide bonds. The number of hydrogen-bond acceptors (Lipinski definition) is 5.